The highest BCUT2D eigenvalue weighted by molar-refractivity contribution is 6.32. The second kappa shape index (κ2) is 6.43. The number of hydrogen-bond donors (Lipinski definition) is 2. The summed E-state index contributed by atoms with van der Waals surface area (Å²) in [6.45, 7) is -2.33. The molecule has 0 saturated carbocycles. The minimum atomic E-state index is -2.82. The topological polar surface area (TPSA) is 41.5 Å². The van der Waals surface area contributed by atoms with E-state index in [0.29, 0.717) is 6.54 Å². The summed E-state index contributed by atoms with van der Waals surface area (Å²) in [7, 11) is 0. The largest absolute Gasteiger partial charge is 0.506 e. The summed E-state index contributed by atoms with van der Waals surface area (Å²) in [6.07, 6.45) is 0. The molecule has 0 atom stereocenters. The fourth-order valence-electron chi connectivity index (χ4n) is 1.61. The van der Waals surface area contributed by atoms with Gasteiger partial charge in [0.25, 0.3) is 0 Å². The van der Waals surface area contributed by atoms with Gasteiger partial charge in [0.15, 0.2) is 0 Å². The van der Waals surface area contributed by atoms with Crippen molar-refractivity contribution in [1.82, 2.24) is 0 Å². The standard InChI is InChI=1S/C14H12ClF2NO2/c15-12-7-10(3-6-13(12)19)18-8-9-1-4-11(5-2-9)20-14(16)17/h1-7,14,18-19H,8H2. The van der Waals surface area contributed by atoms with Gasteiger partial charge in [0.1, 0.15) is 11.5 Å². The van der Waals surface area contributed by atoms with E-state index in [4.69, 9.17) is 11.6 Å². The molecule has 20 heavy (non-hydrogen) atoms. The van der Waals surface area contributed by atoms with E-state index >= 15 is 0 Å². The Balaban J connectivity index is 1.95. The van der Waals surface area contributed by atoms with E-state index in [9.17, 15) is 13.9 Å². The molecule has 0 fully saturated rings. The lowest BCUT2D eigenvalue weighted by molar-refractivity contribution is -0.0498. The first-order valence-electron chi connectivity index (χ1n) is 5.81. The zero-order chi connectivity index (χ0) is 14.5. The molecule has 2 N–H and O–H groups in total. The van der Waals surface area contributed by atoms with Crippen molar-refractivity contribution in [1.29, 1.82) is 0 Å². The quantitative estimate of drug-likeness (QED) is 0.811. The first-order valence-corrected chi connectivity index (χ1v) is 6.18. The van der Waals surface area contributed by atoms with Crippen LogP contribution >= 0.6 is 11.6 Å². The number of anilines is 1. The predicted molar refractivity (Wildman–Crippen MR) is 73.5 cm³/mol. The minimum Gasteiger partial charge on any atom is -0.506 e. The van der Waals surface area contributed by atoms with Crippen molar-refractivity contribution in [2.45, 2.75) is 13.2 Å². The molecular formula is C14H12ClF2NO2. The number of ether oxygens (including phenoxy) is 1. The third-order valence-electron chi connectivity index (χ3n) is 2.59. The SMILES string of the molecule is Oc1ccc(NCc2ccc(OC(F)F)cc2)cc1Cl. The molecule has 3 nitrogen and oxygen atoms in total. The third kappa shape index (κ3) is 3.99. The van der Waals surface area contributed by atoms with Gasteiger partial charge in [-0.25, -0.2) is 0 Å². The number of rotatable bonds is 5. The molecule has 0 radical (unpaired) electrons. The lowest BCUT2D eigenvalue weighted by atomic mass is 10.2. The average molecular weight is 300 g/mol. The van der Waals surface area contributed by atoms with Gasteiger partial charge in [-0.3, -0.25) is 0 Å². The molecule has 0 amide bonds. The summed E-state index contributed by atoms with van der Waals surface area (Å²) >= 11 is 5.79. The Hall–Kier alpha value is -2.01. The molecule has 106 valence electrons. The van der Waals surface area contributed by atoms with Crippen LogP contribution in [0.2, 0.25) is 5.02 Å². The van der Waals surface area contributed by atoms with Gasteiger partial charge in [0, 0.05) is 12.2 Å². The number of phenols is 1. The highest BCUT2D eigenvalue weighted by atomic mass is 35.5. The monoisotopic (exact) mass is 299 g/mol. The van der Waals surface area contributed by atoms with Crippen LogP contribution in [0.1, 0.15) is 5.56 Å². The number of alkyl halides is 2. The number of phenolic OH excluding ortho intramolecular Hbond substituents is 1. The van der Waals surface area contributed by atoms with Crippen LogP contribution < -0.4 is 10.1 Å². The number of nitrogens with one attached hydrogen (secondary N) is 1. The molecule has 0 heterocycles. The summed E-state index contributed by atoms with van der Waals surface area (Å²) < 4.78 is 28.2. The number of benzene rings is 2. The Labute approximate surface area is 119 Å². The van der Waals surface area contributed by atoms with Crippen molar-refractivity contribution in [2.24, 2.45) is 0 Å². The third-order valence-corrected chi connectivity index (χ3v) is 2.90. The van der Waals surface area contributed by atoms with E-state index in [0.717, 1.165) is 11.3 Å². The van der Waals surface area contributed by atoms with Crippen molar-refractivity contribution in [2.75, 3.05) is 5.32 Å². The van der Waals surface area contributed by atoms with Crippen molar-refractivity contribution in [3.05, 3.63) is 53.1 Å². The van der Waals surface area contributed by atoms with Crippen molar-refractivity contribution < 1.29 is 18.6 Å². The van der Waals surface area contributed by atoms with Crippen LogP contribution in [0.25, 0.3) is 0 Å². The van der Waals surface area contributed by atoms with E-state index in [-0.39, 0.29) is 16.5 Å². The number of halogens is 3. The summed E-state index contributed by atoms with van der Waals surface area (Å²) in [5.74, 6) is 0.141. The van der Waals surface area contributed by atoms with Crippen LogP contribution in [0.3, 0.4) is 0 Å². The second-order valence-corrected chi connectivity index (χ2v) is 4.45. The molecule has 2 aromatic rings. The van der Waals surface area contributed by atoms with Gasteiger partial charge in [-0.1, -0.05) is 23.7 Å². The van der Waals surface area contributed by atoms with Crippen molar-refractivity contribution in [3.63, 3.8) is 0 Å². The van der Waals surface area contributed by atoms with Crippen molar-refractivity contribution >= 4 is 17.3 Å². The molecule has 0 aliphatic carbocycles. The molecule has 0 unspecified atom stereocenters. The van der Waals surface area contributed by atoms with Gasteiger partial charge in [-0.05, 0) is 35.9 Å². The Bertz CT molecular complexity index is 576. The second-order valence-electron chi connectivity index (χ2n) is 4.04. The Morgan fingerprint density at radius 2 is 1.85 bits per heavy atom. The van der Waals surface area contributed by atoms with Gasteiger partial charge < -0.3 is 15.2 Å². The molecule has 0 bridgehead atoms. The highest BCUT2D eigenvalue weighted by Crippen LogP contribution is 2.26. The fourth-order valence-corrected chi connectivity index (χ4v) is 1.79. The van der Waals surface area contributed by atoms with E-state index in [1.54, 1.807) is 24.3 Å². The van der Waals surface area contributed by atoms with Crippen molar-refractivity contribution in [3.8, 4) is 11.5 Å². The van der Waals surface area contributed by atoms with Gasteiger partial charge in [-0.15, -0.1) is 0 Å². The van der Waals surface area contributed by atoms with Gasteiger partial charge >= 0.3 is 6.61 Å². The summed E-state index contributed by atoms with van der Waals surface area (Å²) in [6, 6.07) is 11.1. The first-order chi connectivity index (χ1) is 9.54. The molecule has 0 aliphatic rings. The van der Waals surface area contributed by atoms with E-state index in [1.807, 2.05) is 0 Å². The molecule has 6 heteroatoms. The number of aromatic hydroxyl groups is 1. The molecule has 0 saturated heterocycles. The maximum absolute atomic E-state index is 12.0. The van der Waals surface area contributed by atoms with E-state index in [1.165, 1.54) is 18.2 Å². The van der Waals surface area contributed by atoms with E-state index < -0.39 is 6.61 Å². The molecule has 2 aromatic carbocycles. The molecule has 0 spiro atoms. The molecule has 0 aliphatic heterocycles. The fraction of sp³-hybridized carbons (Fsp3) is 0.143. The van der Waals surface area contributed by atoms with E-state index in [2.05, 4.69) is 10.1 Å². The smallest absolute Gasteiger partial charge is 0.387 e. The van der Waals surface area contributed by atoms with Gasteiger partial charge in [0.2, 0.25) is 0 Å². The maximum atomic E-state index is 12.0. The Morgan fingerprint density at radius 3 is 2.45 bits per heavy atom. The zero-order valence-electron chi connectivity index (χ0n) is 10.3. The molecular weight excluding hydrogens is 288 g/mol. The summed E-state index contributed by atoms with van der Waals surface area (Å²) in [4.78, 5) is 0. The zero-order valence-corrected chi connectivity index (χ0v) is 11.1. The van der Waals surface area contributed by atoms with Gasteiger partial charge in [-0.2, -0.15) is 8.78 Å². The Kier molecular flexibility index (Phi) is 4.63. The predicted octanol–water partition coefficient (Wildman–Crippen LogP) is 4.26. The summed E-state index contributed by atoms with van der Waals surface area (Å²) in [5.41, 5.74) is 1.65. The summed E-state index contributed by atoms with van der Waals surface area (Å²) in [5, 5.41) is 12.7. The normalized spacial score (nSPS) is 10.6. The van der Waals surface area contributed by atoms with Crippen LogP contribution in [0.4, 0.5) is 14.5 Å². The molecule has 0 aromatic heterocycles. The van der Waals surface area contributed by atoms with Crippen LogP contribution in [-0.4, -0.2) is 11.7 Å². The van der Waals surface area contributed by atoms with Gasteiger partial charge in [0.05, 0.1) is 5.02 Å². The Morgan fingerprint density at radius 1 is 1.15 bits per heavy atom. The van der Waals surface area contributed by atoms with Crippen LogP contribution in [0.15, 0.2) is 42.5 Å². The number of hydrogen-bond acceptors (Lipinski definition) is 3. The maximum Gasteiger partial charge on any atom is 0.387 e. The lowest BCUT2D eigenvalue weighted by Gasteiger charge is -2.09. The van der Waals surface area contributed by atoms with Crippen LogP contribution in [0, 0.1) is 0 Å². The van der Waals surface area contributed by atoms with Crippen LogP contribution in [0.5, 0.6) is 11.5 Å². The van der Waals surface area contributed by atoms with Crippen LogP contribution in [-0.2, 0) is 6.54 Å². The minimum absolute atomic E-state index is 0.0192. The first kappa shape index (κ1) is 14.4. The highest BCUT2D eigenvalue weighted by Gasteiger charge is 2.04. The molecule has 2 rings (SSSR count). The average Bonchev–Trinajstić information content (AvgIpc) is 2.41. The lowest BCUT2D eigenvalue weighted by Crippen LogP contribution is -2.02.